The number of carbonyl (C=O) groups is 2. The SMILES string of the molecule is COc1ccc(S(=O)(=O)N(C)CCCCC(=O)N(C)Cc2ccc(C3=NCCN3C(=O)O)cc2)c(C(F)(F)F)c1. The Kier molecular flexibility index (Phi) is 9.79. The molecule has 3 rings (SSSR count). The highest BCUT2D eigenvalue weighted by atomic mass is 32.2. The minimum absolute atomic E-state index is 0.0681. The maximum Gasteiger partial charge on any atom is 0.417 e. The third-order valence-electron chi connectivity index (χ3n) is 6.42. The van der Waals surface area contributed by atoms with E-state index in [1.807, 2.05) is 0 Å². The molecule has 0 unspecified atom stereocenters. The minimum atomic E-state index is -4.89. The average molecular weight is 585 g/mol. The molecule has 1 heterocycles. The van der Waals surface area contributed by atoms with Crippen molar-refractivity contribution >= 4 is 27.9 Å². The van der Waals surface area contributed by atoms with Crippen molar-refractivity contribution < 1.29 is 41.0 Å². The Morgan fingerprint density at radius 3 is 2.38 bits per heavy atom. The van der Waals surface area contributed by atoms with Crippen LogP contribution in [0, 0.1) is 0 Å². The van der Waals surface area contributed by atoms with Gasteiger partial charge in [-0.05, 0) is 36.6 Å². The predicted molar refractivity (Wildman–Crippen MR) is 141 cm³/mol. The molecule has 0 radical (unpaired) electrons. The van der Waals surface area contributed by atoms with Crippen LogP contribution in [-0.2, 0) is 27.5 Å². The monoisotopic (exact) mass is 584 g/mol. The number of carboxylic acid groups (broad SMARTS) is 1. The lowest BCUT2D eigenvalue weighted by Gasteiger charge is -2.21. The second kappa shape index (κ2) is 12.7. The van der Waals surface area contributed by atoms with Crippen molar-refractivity contribution in [3.63, 3.8) is 0 Å². The van der Waals surface area contributed by atoms with Crippen molar-refractivity contribution in [2.24, 2.45) is 4.99 Å². The molecule has 1 N–H and O–H groups in total. The molecular weight excluding hydrogens is 553 g/mol. The fourth-order valence-electron chi connectivity index (χ4n) is 4.17. The molecule has 0 spiro atoms. The largest absolute Gasteiger partial charge is 0.497 e. The number of hydrogen-bond acceptors (Lipinski definition) is 6. The molecule has 0 fully saturated rings. The molecule has 0 saturated carbocycles. The second-order valence-corrected chi connectivity index (χ2v) is 11.2. The van der Waals surface area contributed by atoms with E-state index in [0.717, 1.165) is 22.0 Å². The molecule has 0 aromatic heterocycles. The molecule has 2 aromatic rings. The van der Waals surface area contributed by atoms with Gasteiger partial charge in [-0.25, -0.2) is 17.5 Å². The van der Waals surface area contributed by atoms with Crippen molar-refractivity contribution in [1.82, 2.24) is 14.1 Å². The van der Waals surface area contributed by atoms with E-state index in [1.165, 1.54) is 24.0 Å². The van der Waals surface area contributed by atoms with Gasteiger partial charge >= 0.3 is 12.3 Å². The zero-order valence-electron chi connectivity index (χ0n) is 22.3. The Hall–Kier alpha value is -3.65. The summed E-state index contributed by atoms with van der Waals surface area (Å²) in [5.41, 5.74) is 0.179. The summed E-state index contributed by atoms with van der Waals surface area (Å²) < 4.78 is 71.9. The summed E-state index contributed by atoms with van der Waals surface area (Å²) in [6, 6.07) is 9.75. The number of sulfonamides is 1. The molecular formula is C26H31F3N4O6S. The van der Waals surface area contributed by atoms with Crippen LogP contribution >= 0.6 is 0 Å². The molecule has 218 valence electrons. The Balaban J connectivity index is 1.51. The van der Waals surface area contributed by atoms with Crippen LogP contribution in [0.5, 0.6) is 5.75 Å². The van der Waals surface area contributed by atoms with Crippen LogP contribution in [0.15, 0.2) is 52.4 Å². The van der Waals surface area contributed by atoms with Gasteiger partial charge in [-0.15, -0.1) is 0 Å². The molecule has 0 atom stereocenters. The number of rotatable bonds is 11. The van der Waals surface area contributed by atoms with Crippen molar-refractivity contribution in [2.75, 3.05) is 40.8 Å². The fourth-order valence-corrected chi connectivity index (χ4v) is 5.57. The molecule has 1 aliphatic rings. The first kappa shape index (κ1) is 30.9. The van der Waals surface area contributed by atoms with E-state index in [0.29, 0.717) is 43.5 Å². The van der Waals surface area contributed by atoms with Crippen LogP contribution in [0.25, 0.3) is 0 Å². The van der Waals surface area contributed by atoms with E-state index in [1.54, 1.807) is 31.3 Å². The van der Waals surface area contributed by atoms with Gasteiger partial charge in [0.05, 0.1) is 30.7 Å². The normalized spacial score (nSPS) is 13.9. The number of halogens is 3. The van der Waals surface area contributed by atoms with Gasteiger partial charge in [0.1, 0.15) is 11.6 Å². The number of aliphatic imine (C=N–C) groups is 1. The number of amidine groups is 1. The Morgan fingerprint density at radius 2 is 1.77 bits per heavy atom. The van der Waals surface area contributed by atoms with Crippen LogP contribution in [0.3, 0.4) is 0 Å². The first-order valence-corrected chi connectivity index (χ1v) is 13.8. The average Bonchev–Trinajstić information content (AvgIpc) is 3.41. The third kappa shape index (κ3) is 7.30. The lowest BCUT2D eigenvalue weighted by atomic mass is 10.1. The third-order valence-corrected chi connectivity index (χ3v) is 8.34. The van der Waals surface area contributed by atoms with Gasteiger partial charge < -0.3 is 14.7 Å². The van der Waals surface area contributed by atoms with Gasteiger partial charge in [-0.2, -0.15) is 13.2 Å². The number of nitrogens with zero attached hydrogens (tertiary/aromatic N) is 4. The Labute approximate surface area is 230 Å². The lowest BCUT2D eigenvalue weighted by Crippen LogP contribution is -2.33. The van der Waals surface area contributed by atoms with Crippen molar-refractivity contribution in [3.05, 3.63) is 59.2 Å². The summed E-state index contributed by atoms with van der Waals surface area (Å²) in [5.74, 6) is 0.0963. The van der Waals surface area contributed by atoms with Gasteiger partial charge in [-0.3, -0.25) is 14.7 Å². The van der Waals surface area contributed by atoms with Crippen molar-refractivity contribution in [3.8, 4) is 5.75 Å². The van der Waals surface area contributed by atoms with Crippen molar-refractivity contribution in [1.29, 1.82) is 0 Å². The topological polar surface area (TPSA) is 120 Å². The van der Waals surface area contributed by atoms with Gasteiger partial charge in [0, 0.05) is 39.2 Å². The van der Waals surface area contributed by atoms with Crippen LogP contribution in [0.4, 0.5) is 18.0 Å². The number of ether oxygens (including phenoxy) is 1. The summed E-state index contributed by atoms with van der Waals surface area (Å²) in [5, 5.41) is 9.27. The number of alkyl halides is 3. The van der Waals surface area contributed by atoms with E-state index < -0.39 is 32.8 Å². The summed E-state index contributed by atoms with van der Waals surface area (Å²) in [7, 11) is -0.421. The number of methoxy groups -OCH3 is 1. The fraction of sp³-hybridized carbons (Fsp3) is 0.423. The van der Waals surface area contributed by atoms with Crippen LogP contribution < -0.4 is 4.74 Å². The van der Waals surface area contributed by atoms with Crippen LogP contribution in [0.2, 0.25) is 0 Å². The van der Waals surface area contributed by atoms with Gasteiger partial charge in [0.2, 0.25) is 15.9 Å². The molecule has 2 aromatic carbocycles. The van der Waals surface area contributed by atoms with Gasteiger partial charge in [0.25, 0.3) is 0 Å². The highest BCUT2D eigenvalue weighted by Crippen LogP contribution is 2.37. The zero-order chi connectivity index (χ0) is 29.7. The summed E-state index contributed by atoms with van der Waals surface area (Å²) in [6.07, 6.45) is -5.23. The number of hydrogen-bond donors (Lipinski definition) is 1. The first-order chi connectivity index (χ1) is 18.8. The Bertz CT molecular complexity index is 1360. The molecule has 1 aliphatic heterocycles. The Morgan fingerprint density at radius 1 is 1.10 bits per heavy atom. The zero-order valence-corrected chi connectivity index (χ0v) is 23.1. The van der Waals surface area contributed by atoms with Gasteiger partial charge in [0.15, 0.2) is 0 Å². The number of unbranched alkanes of at least 4 members (excludes halogenated alkanes) is 1. The maximum atomic E-state index is 13.5. The van der Waals surface area contributed by atoms with Crippen LogP contribution in [-0.4, -0.2) is 86.3 Å². The number of amides is 2. The highest BCUT2D eigenvalue weighted by molar-refractivity contribution is 7.89. The molecule has 14 heteroatoms. The minimum Gasteiger partial charge on any atom is -0.497 e. The predicted octanol–water partition coefficient (Wildman–Crippen LogP) is 3.90. The van der Waals surface area contributed by atoms with Crippen molar-refractivity contribution in [2.45, 2.75) is 36.9 Å². The standard InChI is InChI=1S/C26H31F3N4O6S/c1-31(17-18-7-9-19(10-8-18)24-30-13-15-33(24)25(35)36)23(34)6-4-5-14-32(2)40(37,38)22-12-11-20(39-3)16-21(22)26(27,28)29/h7-12,16H,4-6,13-15,17H2,1-3H3,(H,35,36). The second-order valence-electron chi connectivity index (χ2n) is 9.23. The highest BCUT2D eigenvalue weighted by Gasteiger charge is 2.39. The maximum absolute atomic E-state index is 13.5. The smallest absolute Gasteiger partial charge is 0.417 e. The summed E-state index contributed by atoms with van der Waals surface area (Å²) >= 11 is 0. The molecule has 10 nitrogen and oxygen atoms in total. The molecule has 0 aliphatic carbocycles. The molecule has 2 amide bonds. The van der Waals surface area contributed by atoms with E-state index >= 15 is 0 Å². The summed E-state index contributed by atoms with van der Waals surface area (Å²) in [4.78, 5) is 30.0. The summed E-state index contributed by atoms with van der Waals surface area (Å²) in [6.45, 7) is 0.946. The van der Waals surface area contributed by atoms with E-state index in [9.17, 15) is 36.3 Å². The van der Waals surface area contributed by atoms with Gasteiger partial charge in [-0.1, -0.05) is 24.3 Å². The van der Waals surface area contributed by atoms with E-state index in [2.05, 4.69) is 4.99 Å². The lowest BCUT2D eigenvalue weighted by molar-refractivity contribution is -0.140. The molecule has 40 heavy (non-hydrogen) atoms. The van der Waals surface area contributed by atoms with E-state index in [4.69, 9.17) is 4.74 Å². The number of benzene rings is 2. The van der Waals surface area contributed by atoms with E-state index in [-0.39, 0.29) is 31.0 Å². The quantitative estimate of drug-likeness (QED) is 0.400. The first-order valence-electron chi connectivity index (χ1n) is 12.4. The molecule has 0 saturated heterocycles. The molecule has 0 bridgehead atoms. The van der Waals surface area contributed by atoms with Crippen LogP contribution in [0.1, 0.15) is 36.0 Å². The number of carbonyl (C=O) groups excluding carboxylic acids is 1.